The first-order valence-corrected chi connectivity index (χ1v) is 3.69. The first kappa shape index (κ1) is 8.98. The fraction of sp³-hybridized carbons (Fsp3) is 0.667. The molecule has 52 valence electrons. The molecule has 0 heterocycles. The molecular weight excluding hydrogens is 152 g/mol. The summed E-state index contributed by atoms with van der Waals surface area (Å²) >= 11 is 9.50. The van der Waals surface area contributed by atoms with Crippen molar-refractivity contribution in [3.63, 3.8) is 0 Å². The molecule has 0 saturated carbocycles. The summed E-state index contributed by atoms with van der Waals surface area (Å²) in [6.07, 6.45) is 1.84. The number of thiocarbonyl (C=S) groups is 2. The quantitative estimate of drug-likeness (QED) is 0.577. The third-order valence-electron chi connectivity index (χ3n) is 0.712. The van der Waals surface area contributed by atoms with Crippen LogP contribution in [0.15, 0.2) is 0 Å². The molecule has 0 aliphatic heterocycles. The average molecular weight is 162 g/mol. The molecule has 0 aromatic heterocycles. The molecule has 0 fully saturated rings. The van der Waals surface area contributed by atoms with Crippen LogP contribution in [0.2, 0.25) is 0 Å². The van der Waals surface area contributed by atoms with Gasteiger partial charge in [0, 0.05) is 13.3 Å². The lowest BCUT2D eigenvalue weighted by molar-refractivity contribution is 0.549. The van der Waals surface area contributed by atoms with Crippen LogP contribution in [0.25, 0.3) is 0 Å². The summed E-state index contributed by atoms with van der Waals surface area (Å²) in [4.78, 5) is 0. The fourth-order valence-electron chi connectivity index (χ4n) is 0.415. The van der Waals surface area contributed by atoms with Gasteiger partial charge in [-0.15, -0.1) is 0 Å². The Bertz CT molecular complexity index is 120. The molecule has 0 amide bonds. The predicted molar refractivity (Wildman–Crippen MR) is 46.9 cm³/mol. The molecule has 0 aliphatic carbocycles. The van der Waals surface area contributed by atoms with Crippen LogP contribution in [0, 0.1) is 0 Å². The minimum atomic E-state index is 0.508. The molecule has 0 aromatic rings. The summed E-state index contributed by atoms with van der Waals surface area (Å²) < 4.78 is 4.95. The molecule has 0 spiro atoms. The summed E-state index contributed by atoms with van der Waals surface area (Å²) in [5.41, 5.74) is 0. The number of ether oxygens (including phenoxy) is 1. The van der Waals surface area contributed by atoms with Gasteiger partial charge in [0.1, 0.15) is 0 Å². The van der Waals surface area contributed by atoms with Gasteiger partial charge in [0.25, 0.3) is 0 Å². The van der Waals surface area contributed by atoms with Gasteiger partial charge in [-0.05, 0) is 30.9 Å². The Hall–Kier alpha value is -0.0200. The minimum Gasteiger partial charge on any atom is -0.444 e. The van der Waals surface area contributed by atoms with Crippen molar-refractivity contribution in [3.8, 4) is 0 Å². The predicted octanol–water partition coefficient (Wildman–Crippen LogP) is 2.48. The van der Waals surface area contributed by atoms with Crippen molar-refractivity contribution in [2.75, 3.05) is 0 Å². The van der Waals surface area contributed by atoms with Crippen molar-refractivity contribution in [3.05, 3.63) is 0 Å². The van der Waals surface area contributed by atoms with Gasteiger partial charge in [-0.2, -0.15) is 0 Å². The Morgan fingerprint density at radius 3 is 2.33 bits per heavy atom. The highest BCUT2D eigenvalue weighted by Gasteiger charge is 1.94. The summed E-state index contributed by atoms with van der Waals surface area (Å²) in [7, 11) is 0. The van der Waals surface area contributed by atoms with E-state index in [2.05, 4.69) is 12.2 Å². The van der Waals surface area contributed by atoms with Gasteiger partial charge in [-0.3, -0.25) is 0 Å². The molecule has 0 atom stereocenters. The van der Waals surface area contributed by atoms with Crippen molar-refractivity contribution in [2.24, 2.45) is 0 Å². The van der Waals surface area contributed by atoms with E-state index in [4.69, 9.17) is 17.0 Å². The van der Waals surface area contributed by atoms with E-state index in [0.29, 0.717) is 10.1 Å². The Morgan fingerprint density at radius 2 is 2.00 bits per heavy atom. The third-order valence-corrected chi connectivity index (χ3v) is 1.08. The van der Waals surface area contributed by atoms with Gasteiger partial charge in [0.2, 0.25) is 0 Å². The van der Waals surface area contributed by atoms with Crippen LogP contribution in [0.3, 0.4) is 0 Å². The van der Waals surface area contributed by atoms with Crippen LogP contribution in [0.4, 0.5) is 0 Å². The molecule has 0 N–H and O–H groups in total. The SMILES string of the molecule is CCCC(=S)OC(C)=S. The van der Waals surface area contributed by atoms with Crippen LogP contribution < -0.4 is 0 Å². The second kappa shape index (κ2) is 4.82. The summed E-state index contributed by atoms with van der Waals surface area (Å²) in [5, 5.41) is 1.11. The lowest BCUT2D eigenvalue weighted by atomic mass is 10.4. The van der Waals surface area contributed by atoms with E-state index < -0.39 is 0 Å². The zero-order valence-corrected chi connectivity index (χ0v) is 7.27. The van der Waals surface area contributed by atoms with Crippen molar-refractivity contribution < 1.29 is 4.74 Å². The first-order valence-electron chi connectivity index (χ1n) is 2.88. The van der Waals surface area contributed by atoms with Crippen LogP contribution >= 0.6 is 24.4 Å². The second-order valence-corrected chi connectivity index (χ2v) is 2.75. The maximum absolute atomic E-state index is 4.95. The van der Waals surface area contributed by atoms with E-state index >= 15 is 0 Å². The summed E-state index contributed by atoms with van der Waals surface area (Å²) in [5.74, 6) is 0. The molecule has 9 heavy (non-hydrogen) atoms. The van der Waals surface area contributed by atoms with E-state index in [1.54, 1.807) is 6.92 Å². The molecule has 1 nitrogen and oxygen atoms in total. The maximum Gasteiger partial charge on any atom is 0.168 e. The van der Waals surface area contributed by atoms with Crippen molar-refractivity contribution in [1.29, 1.82) is 0 Å². The van der Waals surface area contributed by atoms with Crippen LogP contribution in [0.5, 0.6) is 0 Å². The minimum absolute atomic E-state index is 0.508. The van der Waals surface area contributed by atoms with Crippen molar-refractivity contribution in [2.45, 2.75) is 26.7 Å². The molecule has 0 aromatic carbocycles. The zero-order chi connectivity index (χ0) is 7.28. The highest BCUT2D eigenvalue weighted by atomic mass is 32.1. The zero-order valence-electron chi connectivity index (χ0n) is 5.64. The molecule has 0 bridgehead atoms. The highest BCUT2D eigenvalue weighted by molar-refractivity contribution is 7.81. The number of hydrogen-bond acceptors (Lipinski definition) is 3. The number of hydrogen-bond donors (Lipinski definition) is 0. The van der Waals surface area contributed by atoms with Crippen LogP contribution in [-0.4, -0.2) is 10.1 Å². The Labute approximate surface area is 66.4 Å². The Morgan fingerprint density at radius 1 is 1.44 bits per heavy atom. The molecule has 3 heteroatoms. The van der Waals surface area contributed by atoms with E-state index in [1.807, 2.05) is 6.92 Å². The average Bonchev–Trinajstić information content (AvgIpc) is 1.63. The maximum atomic E-state index is 4.95. The van der Waals surface area contributed by atoms with Crippen molar-refractivity contribution >= 4 is 34.5 Å². The van der Waals surface area contributed by atoms with Gasteiger partial charge in [0.05, 0.1) is 0 Å². The first-order chi connectivity index (χ1) is 4.16. The fourth-order valence-corrected chi connectivity index (χ4v) is 0.898. The highest BCUT2D eigenvalue weighted by Crippen LogP contribution is 1.94. The van der Waals surface area contributed by atoms with Gasteiger partial charge < -0.3 is 4.74 Å². The largest absolute Gasteiger partial charge is 0.444 e. The van der Waals surface area contributed by atoms with Crippen LogP contribution in [0.1, 0.15) is 26.7 Å². The standard InChI is InChI=1S/C6H10OS2/c1-3-4-6(9)7-5(2)8/h3-4H2,1-2H3. The molecule has 0 saturated heterocycles. The lowest BCUT2D eigenvalue weighted by Gasteiger charge is -2.00. The second-order valence-electron chi connectivity index (χ2n) is 1.72. The molecule has 0 rings (SSSR count). The van der Waals surface area contributed by atoms with Gasteiger partial charge in [-0.25, -0.2) is 0 Å². The van der Waals surface area contributed by atoms with E-state index in [9.17, 15) is 0 Å². The topological polar surface area (TPSA) is 9.23 Å². The van der Waals surface area contributed by atoms with Crippen molar-refractivity contribution in [1.82, 2.24) is 0 Å². The van der Waals surface area contributed by atoms with Gasteiger partial charge in [0.15, 0.2) is 10.1 Å². The van der Waals surface area contributed by atoms with Crippen LogP contribution in [-0.2, 0) is 4.74 Å². The summed E-state index contributed by atoms with van der Waals surface area (Å²) in [6.45, 7) is 3.77. The third kappa shape index (κ3) is 5.86. The summed E-state index contributed by atoms with van der Waals surface area (Å²) in [6, 6.07) is 0. The Kier molecular flexibility index (Phi) is 4.81. The van der Waals surface area contributed by atoms with E-state index in [1.165, 1.54) is 0 Å². The monoisotopic (exact) mass is 162 g/mol. The molecule has 0 radical (unpaired) electrons. The Balaban J connectivity index is 3.39. The molecule has 0 unspecified atom stereocenters. The van der Waals surface area contributed by atoms with Gasteiger partial charge in [-0.1, -0.05) is 6.92 Å². The number of rotatable bonds is 2. The smallest absolute Gasteiger partial charge is 0.168 e. The van der Waals surface area contributed by atoms with E-state index in [-0.39, 0.29) is 0 Å². The normalized spacial score (nSPS) is 8.67. The van der Waals surface area contributed by atoms with E-state index in [0.717, 1.165) is 12.8 Å². The molecule has 0 aliphatic rings. The lowest BCUT2D eigenvalue weighted by Crippen LogP contribution is -2.03. The van der Waals surface area contributed by atoms with Gasteiger partial charge >= 0.3 is 0 Å². The molecular formula is C6H10OS2.